The average Bonchev–Trinajstić information content (AvgIpc) is 3.14. The van der Waals surface area contributed by atoms with Crippen LogP contribution in [0.25, 0.3) is 17.0 Å². The van der Waals surface area contributed by atoms with Crippen molar-refractivity contribution < 1.29 is 4.42 Å². The van der Waals surface area contributed by atoms with Crippen LogP contribution in [0.1, 0.15) is 47.1 Å². The zero-order valence-electron chi connectivity index (χ0n) is 16.3. The van der Waals surface area contributed by atoms with Crippen LogP contribution in [0.3, 0.4) is 0 Å². The van der Waals surface area contributed by atoms with Crippen molar-refractivity contribution in [3.8, 4) is 11.5 Å². The molecule has 3 aromatic rings. The Balaban J connectivity index is 2.17. The van der Waals surface area contributed by atoms with Gasteiger partial charge in [-0.1, -0.05) is 41.5 Å². The summed E-state index contributed by atoms with van der Waals surface area (Å²) in [5.41, 5.74) is 5.71. The first-order valence-corrected chi connectivity index (χ1v) is 11.3. The maximum absolute atomic E-state index is 6.43. The predicted octanol–water partition coefficient (Wildman–Crippen LogP) is 4.98. The van der Waals surface area contributed by atoms with E-state index in [9.17, 15) is 0 Å². The highest BCUT2D eigenvalue weighted by atomic mass is 28.3. The van der Waals surface area contributed by atoms with Crippen molar-refractivity contribution in [3.05, 3.63) is 36.2 Å². The van der Waals surface area contributed by atoms with Gasteiger partial charge in [-0.3, -0.25) is 0 Å². The molecule has 0 spiro atoms. The highest BCUT2D eigenvalue weighted by Crippen LogP contribution is 2.41. The Morgan fingerprint density at radius 2 is 1.68 bits per heavy atom. The summed E-state index contributed by atoms with van der Waals surface area (Å²) in [4.78, 5) is 4.79. The molecule has 0 bridgehead atoms. The molecular formula is C20H28N3OSi. The molecule has 0 aliphatic carbocycles. The van der Waals surface area contributed by atoms with Crippen molar-refractivity contribution in [2.24, 2.45) is 0 Å². The molecule has 0 fully saturated rings. The van der Waals surface area contributed by atoms with Crippen LogP contribution in [-0.2, 0) is 0 Å². The van der Waals surface area contributed by atoms with E-state index in [1.807, 2.05) is 10.7 Å². The minimum Gasteiger partial charge on any atom is -0.444 e. The summed E-state index contributed by atoms with van der Waals surface area (Å²) < 4.78 is 8.30. The number of fused-ring (bicyclic) bond motifs is 1. The summed E-state index contributed by atoms with van der Waals surface area (Å²) in [6.45, 7) is 16.0. The third-order valence-electron chi connectivity index (χ3n) is 5.57. The van der Waals surface area contributed by atoms with Gasteiger partial charge in [-0.2, -0.15) is 5.10 Å². The van der Waals surface area contributed by atoms with Gasteiger partial charge in [-0.15, -0.1) is 0 Å². The van der Waals surface area contributed by atoms with Crippen LogP contribution in [0.2, 0.25) is 16.6 Å². The fraction of sp³-hybridized carbons (Fsp3) is 0.500. The number of rotatable bonds is 5. The third-order valence-corrected chi connectivity index (χ3v) is 12.3. The van der Waals surface area contributed by atoms with Gasteiger partial charge in [0.05, 0.1) is 17.9 Å². The molecule has 0 saturated heterocycles. The highest BCUT2D eigenvalue weighted by molar-refractivity contribution is 6.93. The van der Waals surface area contributed by atoms with Gasteiger partial charge in [0.15, 0.2) is 19.3 Å². The van der Waals surface area contributed by atoms with Crippen molar-refractivity contribution in [2.75, 3.05) is 0 Å². The van der Waals surface area contributed by atoms with Crippen LogP contribution in [0.15, 0.2) is 28.9 Å². The second-order valence-electron chi connectivity index (χ2n) is 7.93. The second-order valence-corrected chi connectivity index (χ2v) is 13.7. The molecule has 0 saturated carbocycles. The standard InChI is InChI=1S/C20H28N3OSi/c1-13(2)25(14(3)4,15(5)6)20-21-12-19(24-20)18-11-16(7)10-17-8-9-22-23(17)18/h9-15H,1-7H3. The first-order valence-electron chi connectivity index (χ1n) is 9.11. The minimum atomic E-state index is -1.90. The first kappa shape index (κ1) is 17.9. The van der Waals surface area contributed by atoms with Gasteiger partial charge in [0, 0.05) is 6.07 Å². The summed E-state index contributed by atoms with van der Waals surface area (Å²) in [6.07, 6.45) is 3.57. The van der Waals surface area contributed by atoms with E-state index in [2.05, 4.69) is 71.8 Å². The van der Waals surface area contributed by atoms with E-state index in [1.54, 1.807) is 6.20 Å². The van der Waals surface area contributed by atoms with Gasteiger partial charge in [0.25, 0.3) is 0 Å². The first-order chi connectivity index (χ1) is 11.8. The van der Waals surface area contributed by atoms with Crippen LogP contribution < -0.4 is 5.51 Å². The zero-order chi connectivity index (χ0) is 18.4. The van der Waals surface area contributed by atoms with Crippen LogP contribution in [0.5, 0.6) is 0 Å². The average molecular weight is 355 g/mol. The molecular weight excluding hydrogens is 326 g/mol. The molecule has 0 amide bonds. The van der Waals surface area contributed by atoms with Crippen molar-refractivity contribution >= 4 is 19.1 Å². The van der Waals surface area contributed by atoms with E-state index < -0.39 is 8.07 Å². The smallest absolute Gasteiger partial charge is 0.172 e. The summed E-state index contributed by atoms with van der Waals surface area (Å²) in [7, 11) is -1.90. The largest absolute Gasteiger partial charge is 0.444 e. The fourth-order valence-electron chi connectivity index (χ4n) is 4.61. The number of nitrogens with zero attached hydrogens (tertiary/aromatic N) is 3. The lowest BCUT2D eigenvalue weighted by Gasteiger charge is -2.39. The van der Waals surface area contributed by atoms with Crippen molar-refractivity contribution in [2.45, 2.75) is 65.1 Å². The lowest BCUT2D eigenvalue weighted by molar-refractivity contribution is 0.589. The number of pyridine rings is 1. The van der Waals surface area contributed by atoms with Gasteiger partial charge in [-0.25, -0.2) is 9.50 Å². The lowest BCUT2D eigenvalue weighted by Crippen LogP contribution is -2.56. The van der Waals surface area contributed by atoms with E-state index in [0.29, 0.717) is 16.6 Å². The maximum Gasteiger partial charge on any atom is 0.172 e. The Labute approximate surface area is 151 Å². The van der Waals surface area contributed by atoms with E-state index in [4.69, 9.17) is 9.40 Å². The molecule has 0 N–H and O–H groups in total. The molecule has 1 radical (unpaired) electrons. The maximum atomic E-state index is 6.43. The molecule has 0 aliphatic rings. The molecule has 5 heteroatoms. The zero-order valence-corrected chi connectivity index (χ0v) is 17.3. The Morgan fingerprint density at radius 1 is 1.04 bits per heavy atom. The minimum absolute atomic E-state index is 0.564. The molecule has 0 aliphatic heterocycles. The highest BCUT2D eigenvalue weighted by Gasteiger charge is 2.49. The van der Waals surface area contributed by atoms with E-state index >= 15 is 0 Å². The molecule has 3 rings (SSSR count). The molecule has 0 unspecified atom stereocenters. The normalized spacial score (nSPS) is 12.9. The topological polar surface area (TPSA) is 43.3 Å². The number of hydrogen-bond donors (Lipinski definition) is 0. The van der Waals surface area contributed by atoms with Gasteiger partial charge < -0.3 is 4.42 Å². The monoisotopic (exact) mass is 354 g/mol. The van der Waals surface area contributed by atoms with Gasteiger partial charge in [-0.05, 0) is 41.2 Å². The van der Waals surface area contributed by atoms with Gasteiger partial charge in [0.2, 0.25) is 0 Å². The lowest BCUT2D eigenvalue weighted by atomic mass is 10.2. The number of aromatic nitrogens is 3. The third kappa shape index (κ3) is 2.74. The Morgan fingerprint density at radius 3 is 2.28 bits per heavy atom. The van der Waals surface area contributed by atoms with Crippen LogP contribution in [0, 0.1) is 13.0 Å². The molecule has 0 atom stereocenters. The number of hydrogen-bond acceptors (Lipinski definition) is 3. The summed E-state index contributed by atoms with van der Waals surface area (Å²) in [5, 5.41) is 4.40. The fourth-order valence-corrected chi connectivity index (χ4v) is 10.7. The SMILES string of the molecule is Cc1cc(-c2cnc([Si](C(C)C)(C(C)C)C(C)C)o2)n2nc[c]c2c1. The van der Waals surface area contributed by atoms with Gasteiger partial charge >= 0.3 is 0 Å². The van der Waals surface area contributed by atoms with Crippen molar-refractivity contribution in [1.82, 2.24) is 14.6 Å². The Hall–Kier alpha value is -1.88. The summed E-state index contributed by atoms with van der Waals surface area (Å²) in [6, 6.07) is 7.33. The molecule has 25 heavy (non-hydrogen) atoms. The number of oxazole rings is 1. The molecule has 0 aromatic carbocycles. The quantitative estimate of drug-likeness (QED) is 0.607. The van der Waals surface area contributed by atoms with Crippen LogP contribution >= 0.6 is 0 Å². The summed E-state index contributed by atoms with van der Waals surface area (Å²) in [5.74, 6) is 0.791. The van der Waals surface area contributed by atoms with Crippen molar-refractivity contribution in [3.63, 3.8) is 0 Å². The van der Waals surface area contributed by atoms with Gasteiger partial charge in [0.1, 0.15) is 5.69 Å². The summed E-state index contributed by atoms with van der Waals surface area (Å²) >= 11 is 0. The molecule has 4 nitrogen and oxygen atoms in total. The molecule has 3 aromatic heterocycles. The molecule has 3 heterocycles. The van der Waals surface area contributed by atoms with E-state index in [-0.39, 0.29) is 0 Å². The number of aryl methyl sites for hydroxylation is 1. The van der Waals surface area contributed by atoms with E-state index in [0.717, 1.165) is 28.0 Å². The predicted molar refractivity (Wildman–Crippen MR) is 105 cm³/mol. The van der Waals surface area contributed by atoms with Crippen molar-refractivity contribution in [1.29, 1.82) is 0 Å². The van der Waals surface area contributed by atoms with E-state index in [1.165, 1.54) is 0 Å². The Kier molecular flexibility index (Phi) is 4.62. The Bertz CT molecular complexity index is 854. The second kappa shape index (κ2) is 6.45. The molecule has 133 valence electrons. The van der Waals surface area contributed by atoms with Crippen LogP contribution in [-0.4, -0.2) is 22.7 Å². The van der Waals surface area contributed by atoms with Crippen LogP contribution in [0.4, 0.5) is 0 Å².